The zero-order valence-corrected chi connectivity index (χ0v) is 18.8. The van der Waals surface area contributed by atoms with Gasteiger partial charge in [-0.1, -0.05) is 26.0 Å². The van der Waals surface area contributed by atoms with E-state index in [1.807, 2.05) is 44.2 Å². The minimum absolute atomic E-state index is 0.0397. The average molecular weight is 426 g/mol. The molecule has 1 aliphatic rings. The van der Waals surface area contributed by atoms with Crippen LogP contribution in [0.3, 0.4) is 0 Å². The third kappa shape index (κ3) is 5.48. The van der Waals surface area contributed by atoms with E-state index in [0.29, 0.717) is 30.4 Å². The van der Waals surface area contributed by atoms with Gasteiger partial charge in [0, 0.05) is 24.8 Å². The first-order valence-corrected chi connectivity index (χ1v) is 10.5. The Morgan fingerprint density at radius 3 is 2.55 bits per heavy atom. The molecule has 0 saturated carbocycles. The van der Waals surface area contributed by atoms with Crippen LogP contribution in [-0.4, -0.2) is 32.2 Å². The monoisotopic (exact) mass is 425 g/mol. The number of nitrogens with one attached hydrogen (secondary N) is 2. The lowest BCUT2D eigenvalue weighted by Crippen LogP contribution is -2.43. The van der Waals surface area contributed by atoms with Gasteiger partial charge in [-0.15, -0.1) is 0 Å². The number of rotatable bonds is 6. The number of hydrogen-bond donors (Lipinski definition) is 2. The number of hydrogen-bond acceptors (Lipinski definition) is 4. The molecule has 0 atom stereocenters. The SMILES string of the molecule is COc1ccc(CNC(=O)Nc2ccc3c(c2)OCC(C)(C)C(=O)N3CC(C)C)cc1. The number of amides is 3. The van der Waals surface area contributed by atoms with E-state index in [0.717, 1.165) is 17.0 Å². The number of methoxy groups -OCH3 is 1. The van der Waals surface area contributed by atoms with E-state index in [-0.39, 0.29) is 18.5 Å². The van der Waals surface area contributed by atoms with Gasteiger partial charge >= 0.3 is 6.03 Å². The Morgan fingerprint density at radius 2 is 1.90 bits per heavy atom. The van der Waals surface area contributed by atoms with E-state index >= 15 is 0 Å². The Balaban J connectivity index is 1.70. The molecule has 0 unspecified atom stereocenters. The minimum Gasteiger partial charge on any atom is -0.497 e. The van der Waals surface area contributed by atoms with Crippen molar-refractivity contribution >= 4 is 23.3 Å². The number of carbonyl (C=O) groups excluding carboxylic acids is 2. The van der Waals surface area contributed by atoms with Crippen LogP contribution < -0.4 is 25.0 Å². The summed E-state index contributed by atoms with van der Waals surface area (Å²) in [7, 11) is 1.61. The van der Waals surface area contributed by atoms with Gasteiger partial charge in [0.1, 0.15) is 18.1 Å². The van der Waals surface area contributed by atoms with Crippen LogP contribution in [0.25, 0.3) is 0 Å². The highest BCUT2D eigenvalue weighted by molar-refractivity contribution is 6.00. The normalized spacial score (nSPS) is 15.0. The third-order valence-corrected chi connectivity index (χ3v) is 5.08. The summed E-state index contributed by atoms with van der Waals surface area (Å²) < 4.78 is 11.1. The first kappa shape index (κ1) is 22.5. The molecule has 0 saturated heterocycles. The highest BCUT2D eigenvalue weighted by Crippen LogP contribution is 2.38. The van der Waals surface area contributed by atoms with Crippen LogP contribution in [0, 0.1) is 11.3 Å². The van der Waals surface area contributed by atoms with Crippen molar-refractivity contribution in [2.45, 2.75) is 34.2 Å². The maximum absolute atomic E-state index is 13.0. The molecule has 166 valence electrons. The number of nitrogens with zero attached hydrogens (tertiary/aromatic N) is 1. The first-order chi connectivity index (χ1) is 14.7. The molecule has 2 N–H and O–H groups in total. The molecule has 0 bridgehead atoms. The van der Waals surface area contributed by atoms with Crippen LogP contribution in [0.15, 0.2) is 42.5 Å². The van der Waals surface area contributed by atoms with E-state index < -0.39 is 5.41 Å². The van der Waals surface area contributed by atoms with Gasteiger partial charge in [0.2, 0.25) is 5.91 Å². The van der Waals surface area contributed by atoms with Gasteiger partial charge < -0.3 is 25.0 Å². The molecule has 3 amide bonds. The van der Waals surface area contributed by atoms with E-state index in [2.05, 4.69) is 24.5 Å². The number of carbonyl (C=O) groups is 2. The summed E-state index contributed by atoms with van der Waals surface area (Å²) in [4.78, 5) is 27.2. The van der Waals surface area contributed by atoms with Crippen LogP contribution in [0.2, 0.25) is 0 Å². The molecule has 7 heteroatoms. The summed E-state index contributed by atoms with van der Waals surface area (Å²) in [5.41, 5.74) is 1.67. The molecule has 0 aliphatic carbocycles. The number of anilines is 2. The Morgan fingerprint density at radius 1 is 1.19 bits per heavy atom. The van der Waals surface area contributed by atoms with Crippen molar-refractivity contribution in [3.8, 4) is 11.5 Å². The lowest BCUT2D eigenvalue weighted by atomic mass is 9.92. The Labute approximate surface area is 183 Å². The van der Waals surface area contributed by atoms with Crippen LogP contribution in [-0.2, 0) is 11.3 Å². The molecule has 0 fully saturated rings. The second-order valence-corrected chi connectivity index (χ2v) is 8.82. The quantitative estimate of drug-likeness (QED) is 0.718. The van der Waals surface area contributed by atoms with Gasteiger partial charge in [-0.25, -0.2) is 4.79 Å². The molecule has 2 aromatic rings. The number of ether oxygens (including phenoxy) is 2. The smallest absolute Gasteiger partial charge is 0.319 e. The molecule has 1 heterocycles. The fourth-order valence-corrected chi connectivity index (χ4v) is 3.37. The van der Waals surface area contributed by atoms with Crippen molar-refractivity contribution in [3.05, 3.63) is 48.0 Å². The number of urea groups is 1. The summed E-state index contributed by atoms with van der Waals surface area (Å²) >= 11 is 0. The topological polar surface area (TPSA) is 79.9 Å². The second-order valence-electron chi connectivity index (χ2n) is 8.82. The minimum atomic E-state index is -0.628. The second kappa shape index (κ2) is 9.29. The highest BCUT2D eigenvalue weighted by Gasteiger charge is 2.38. The summed E-state index contributed by atoms with van der Waals surface area (Å²) in [5.74, 6) is 1.71. The molecule has 0 radical (unpaired) electrons. The van der Waals surface area contributed by atoms with Crippen molar-refractivity contribution in [2.24, 2.45) is 11.3 Å². The molecular formula is C24H31N3O4. The van der Waals surface area contributed by atoms with Gasteiger partial charge in [-0.05, 0) is 49.6 Å². The Bertz CT molecular complexity index is 938. The molecule has 0 spiro atoms. The molecule has 7 nitrogen and oxygen atoms in total. The van der Waals surface area contributed by atoms with Crippen molar-refractivity contribution in [1.82, 2.24) is 5.32 Å². The number of fused-ring (bicyclic) bond motifs is 1. The van der Waals surface area contributed by atoms with Crippen molar-refractivity contribution in [1.29, 1.82) is 0 Å². The summed E-state index contributed by atoms with van der Waals surface area (Å²) in [5, 5.41) is 5.67. The Kier molecular flexibility index (Phi) is 6.73. The predicted molar refractivity (Wildman–Crippen MR) is 122 cm³/mol. The maximum atomic E-state index is 13.0. The lowest BCUT2D eigenvalue weighted by molar-refractivity contribution is -0.127. The molecule has 31 heavy (non-hydrogen) atoms. The molecule has 1 aliphatic heterocycles. The largest absolute Gasteiger partial charge is 0.497 e. The van der Waals surface area contributed by atoms with Crippen molar-refractivity contribution in [3.63, 3.8) is 0 Å². The van der Waals surface area contributed by atoms with Gasteiger partial charge in [-0.3, -0.25) is 4.79 Å². The zero-order chi connectivity index (χ0) is 22.6. The molecular weight excluding hydrogens is 394 g/mol. The van der Waals surface area contributed by atoms with Crippen LogP contribution in [0.5, 0.6) is 11.5 Å². The van der Waals surface area contributed by atoms with Crippen LogP contribution in [0.4, 0.5) is 16.2 Å². The highest BCUT2D eigenvalue weighted by atomic mass is 16.5. The van der Waals surface area contributed by atoms with Gasteiger partial charge in [-0.2, -0.15) is 0 Å². The van der Waals surface area contributed by atoms with E-state index in [4.69, 9.17) is 9.47 Å². The van der Waals surface area contributed by atoms with Gasteiger partial charge in [0.25, 0.3) is 0 Å². The van der Waals surface area contributed by atoms with Crippen molar-refractivity contribution < 1.29 is 19.1 Å². The fourth-order valence-electron chi connectivity index (χ4n) is 3.37. The fraction of sp³-hybridized carbons (Fsp3) is 0.417. The predicted octanol–water partition coefficient (Wildman–Crippen LogP) is 4.42. The average Bonchev–Trinajstić information content (AvgIpc) is 2.82. The third-order valence-electron chi connectivity index (χ3n) is 5.08. The van der Waals surface area contributed by atoms with E-state index in [1.54, 1.807) is 24.1 Å². The summed E-state index contributed by atoms with van der Waals surface area (Å²) in [6.07, 6.45) is 0. The lowest BCUT2D eigenvalue weighted by Gasteiger charge is -2.29. The van der Waals surface area contributed by atoms with E-state index in [9.17, 15) is 9.59 Å². The van der Waals surface area contributed by atoms with Crippen LogP contribution >= 0.6 is 0 Å². The molecule has 3 rings (SSSR count). The van der Waals surface area contributed by atoms with Crippen LogP contribution in [0.1, 0.15) is 33.3 Å². The summed E-state index contributed by atoms with van der Waals surface area (Å²) in [6.45, 7) is 9.21. The first-order valence-electron chi connectivity index (χ1n) is 10.5. The Hall–Kier alpha value is -3.22. The molecule has 2 aromatic carbocycles. The standard InChI is InChI=1S/C24H31N3O4/c1-16(2)14-27-20-11-8-18(12-21(20)31-15-24(3,4)22(27)28)26-23(29)25-13-17-6-9-19(30-5)10-7-17/h6-12,16H,13-15H2,1-5H3,(H2,25,26,29). The summed E-state index contributed by atoms with van der Waals surface area (Å²) in [6, 6.07) is 12.6. The van der Waals surface area contributed by atoms with Crippen molar-refractivity contribution in [2.75, 3.05) is 30.5 Å². The number of benzene rings is 2. The zero-order valence-electron chi connectivity index (χ0n) is 18.8. The maximum Gasteiger partial charge on any atom is 0.319 e. The van der Waals surface area contributed by atoms with E-state index in [1.165, 1.54) is 0 Å². The van der Waals surface area contributed by atoms with Gasteiger partial charge in [0.15, 0.2) is 0 Å². The molecule has 0 aromatic heterocycles. The van der Waals surface area contributed by atoms with Gasteiger partial charge in [0.05, 0.1) is 18.2 Å².